The van der Waals surface area contributed by atoms with Crippen LogP contribution in [0.3, 0.4) is 0 Å². The molecule has 2 aliphatic carbocycles. The van der Waals surface area contributed by atoms with Crippen molar-refractivity contribution in [1.29, 1.82) is 0 Å². The lowest BCUT2D eigenvalue weighted by Gasteiger charge is -2.39. The number of alkyl halides is 3. The molecule has 7 heteroatoms. The average molecular weight is 308 g/mol. The number of thiocarbonyl (C=S) groups is 1. The molecule has 0 radical (unpaired) electrons. The van der Waals surface area contributed by atoms with Gasteiger partial charge >= 0.3 is 6.18 Å². The van der Waals surface area contributed by atoms with Crippen molar-refractivity contribution in [2.24, 2.45) is 11.1 Å². The van der Waals surface area contributed by atoms with Gasteiger partial charge in [-0.15, -0.1) is 0 Å². The molecular weight excluding hydrogens is 289 g/mol. The van der Waals surface area contributed by atoms with Crippen LogP contribution in [-0.4, -0.2) is 34.6 Å². The van der Waals surface area contributed by atoms with Gasteiger partial charge in [-0.1, -0.05) is 31.5 Å². The summed E-state index contributed by atoms with van der Waals surface area (Å²) in [6.45, 7) is -1.19. The Kier molecular flexibility index (Phi) is 4.27. The van der Waals surface area contributed by atoms with E-state index in [1.54, 1.807) is 0 Å². The maximum atomic E-state index is 12.7. The van der Waals surface area contributed by atoms with E-state index in [1.165, 1.54) is 0 Å². The van der Waals surface area contributed by atoms with E-state index in [4.69, 9.17) is 18.0 Å². The number of nitrogens with zero attached hydrogens (tertiary/aromatic N) is 1. The third-order valence-electron chi connectivity index (χ3n) is 4.19. The molecule has 2 aliphatic rings. The van der Waals surface area contributed by atoms with Gasteiger partial charge in [0.25, 0.3) is 0 Å². The molecule has 0 aromatic carbocycles. The lowest BCUT2D eigenvalue weighted by Crippen LogP contribution is -2.54. The van der Waals surface area contributed by atoms with E-state index in [0.717, 1.165) is 24.2 Å². The van der Waals surface area contributed by atoms with Crippen LogP contribution >= 0.6 is 12.2 Å². The lowest BCUT2D eigenvalue weighted by molar-refractivity contribution is -0.167. The van der Waals surface area contributed by atoms with Crippen molar-refractivity contribution in [2.75, 3.05) is 6.54 Å². The van der Waals surface area contributed by atoms with Crippen molar-refractivity contribution < 1.29 is 18.0 Å². The fraction of sp³-hybridized carbons (Fsp3) is 0.846. The van der Waals surface area contributed by atoms with Crippen LogP contribution in [0.25, 0.3) is 0 Å². The van der Waals surface area contributed by atoms with Crippen molar-refractivity contribution in [1.82, 2.24) is 4.90 Å². The molecule has 0 aromatic rings. The normalized spacial score (nSPS) is 22.4. The zero-order valence-electron chi connectivity index (χ0n) is 11.2. The molecule has 2 rings (SSSR count). The molecule has 0 aliphatic heterocycles. The molecule has 0 unspecified atom stereocenters. The summed E-state index contributed by atoms with van der Waals surface area (Å²) in [5.74, 6) is -0.510. The zero-order chi connectivity index (χ0) is 15.0. The van der Waals surface area contributed by atoms with Crippen LogP contribution in [0.1, 0.15) is 44.9 Å². The highest BCUT2D eigenvalue weighted by atomic mass is 32.1. The number of rotatable bonds is 4. The predicted octanol–water partition coefficient (Wildman–Crippen LogP) is 2.78. The summed E-state index contributed by atoms with van der Waals surface area (Å²) < 4.78 is 38.1. The maximum Gasteiger partial charge on any atom is 0.406 e. The van der Waals surface area contributed by atoms with Crippen LogP contribution in [-0.2, 0) is 4.79 Å². The molecule has 0 atom stereocenters. The van der Waals surface area contributed by atoms with Crippen LogP contribution in [0.4, 0.5) is 13.2 Å². The topological polar surface area (TPSA) is 46.3 Å². The average Bonchev–Trinajstić information content (AvgIpc) is 3.19. The van der Waals surface area contributed by atoms with Crippen molar-refractivity contribution in [3.8, 4) is 0 Å². The first kappa shape index (κ1) is 15.5. The van der Waals surface area contributed by atoms with E-state index in [2.05, 4.69) is 0 Å². The van der Waals surface area contributed by atoms with Crippen LogP contribution in [0.5, 0.6) is 0 Å². The molecule has 1 amide bonds. The van der Waals surface area contributed by atoms with Crippen LogP contribution in [0, 0.1) is 5.41 Å². The highest BCUT2D eigenvalue weighted by molar-refractivity contribution is 7.80. The molecule has 20 heavy (non-hydrogen) atoms. The number of nitrogens with two attached hydrogens (primary N) is 1. The van der Waals surface area contributed by atoms with Gasteiger partial charge in [0.1, 0.15) is 6.54 Å². The minimum absolute atomic E-state index is 0.0509. The Morgan fingerprint density at radius 1 is 1.25 bits per heavy atom. The van der Waals surface area contributed by atoms with Gasteiger partial charge in [0.2, 0.25) is 5.91 Å². The van der Waals surface area contributed by atoms with E-state index in [-0.39, 0.29) is 11.0 Å². The Balaban J connectivity index is 2.22. The molecule has 2 fully saturated rings. The van der Waals surface area contributed by atoms with Gasteiger partial charge < -0.3 is 10.6 Å². The van der Waals surface area contributed by atoms with E-state index in [9.17, 15) is 18.0 Å². The maximum absolute atomic E-state index is 12.7. The van der Waals surface area contributed by atoms with Crippen LogP contribution < -0.4 is 5.73 Å². The smallest absolute Gasteiger partial charge is 0.392 e. The molecule has 114 valence electrons. The van der Waals surface area contributed by atoms with E-state index >= 15 is 0 Å². The number of halogens is 3. The predicted molar refractivity (Wildman–Crippen MR) is 73.1 cm³/mol. The first-order valence-corrected chi connectivity index (χ1v) is 7.35. The molecule has 0 spiro atoms. The summed E-state index contributed by atoms with van der Waals surface area (Å²) in [6, 6.07) is -0.294. The number of carbonyl (C=O) groups excluding carboxylic acids is 1. The molecular formula is C13H19F3N2OS. The summed E-state index contributed by atoms with van der Waals surface area (Å²) in [4.78, 5) is 13.7. The fourth-order valence-electron chi connectivity index (χ4n) is 2.94. The van der Waals surface area contributed by atoms with E-state index < -0.39 is 24.0 Å². The number of carbonyl (C=O) groups is 1. The molecule has 2 N–H and O–H groups in total. The lowest BCUT2D eigenvalue weighted by atomic mass is 9.72. The summed E-state index contributed by atoms with van der Waals surface area (Å²) in [7, 11) is 0. The SMILES string of the molecule is NC(=S)C1(C(=O)N(CC(F)(F)F)C2CC2)CCCCC1. The Labute approximate surface area is 121 Å². The number of hydrogen-bond acceptors (Lipinski definition) is 2. The zero-order valence-corrected chi connectivity index (χ0v) is 12.0. The summed E-state index contributed by atoms with van der Waals surface area (Å²) in [5.41, 5.74) is 4.67. The summed E-state index contributed by atoms with van der Waals surface area (Å²) in [6.07, 6.45) is 0.376. The quantitative estimate of drug-likeness (QED) is 0.812. The monoisotopic (exact) mass is 308 g/mol. The van der Waals surface area contributed by atoms with E-state index in [1.807, 2.05) is 0 Å². The Bertz CT molecular complexity index is 401. The molecule has 0 saturated heterocycles. The highest BCUT2D eigenvalue weighted by Crippen LogP contribution is 2.41. The summed E-state index contributed by atoms with van der Waals surface area (Å²) in [5, 5.41) is 0. The standard InChI is InChI=1S/C13H19F3N2OS/c14-13(15,16)8-18(9-4-5-9)11(19)12(10(17)20)6-2-1-3-7-12/h9H,1-8H2,(H2,17,20). The van der Waals surface area contributed by atoms with Gasteiger partial charge in [-0.05, 0) is 25.7 Å². The minimum atomic E-state index is -4.38. The van der Waals surface area contributed by atoms with Crippen molar-refractivity contribution in [3.63, 3.8) is 0 Å². The van der Waals surface area contributed by atoms with Crippen molar-refractivity contribution in [3.05, 3.63) is 0 Å². The molecule has 3 nitrogen and oxygen atoms in total. The second-order valence-corrected chi connectivity index (χ2v) is 6.23. The molecule has 0 aromatic heterocycles. The number of amides is 1. The van der Waals surface area contributed by atoms with Gasteiger partial charge in [0.05, 0.1) is 10.4 Å². The minimum Gasteiger partial charge on any atom is -0.392 e. The van der Waals surface area contributed by atoms with Gasteiger partial charge in [-0.2, -0.15) is 13.2 Å². The third kappa shape index (κ3) is 3.24. The highest BCUT2D eigenvalue weighted by Gasteiger charge is 2.50. The van der Waals surface area contributed by atoms with Gasteiger partial charge in [0.15, 0.2) is 0 Å². The second kappa shape index (κ2) is 5.50. The first-order chi connectivity index (χ1) is 9.26. The van der Waals surface area contributed by atoms with Crippen LogP contribution in [0.15, 0.2) is 0 Å². The summed E-state index contributed by atoms with van der Waals surface area (Å²) >= 11 is 5.02. The Hall–Kier alpha value is -0.850. The van der Waals surface area contributed by atoms with Crippen molar-refractivity contribution in [2.45, 2.75) is 57.2 Å². The first-order valence-electron chi connectivity index (χ1n) is 6.94. The molecule has 0 bridgehead atoms. The van der Waals surface area contributed by atoms with Gasteiger partial charge in [0, 0.05) is 6.04 Å². The fourth-order valence-corrected chi connectivity index (χ4v) is 3.23. The Morgan fingerprint density at radius 3 is 2.20 bits per heavy atom. The third-order valence-corrected chi connectivity index (χ3v) is 4.58. The number of hydrogen-bond donors (Lipinski definition) is 1. The largest absolute Gasteiger partial charge is 0.406 e. The molecule has 2 saturated carbocycles. The van der Waals surface area contributed by atoms with Gasteiger partial charge in [-0.3, -0.25) is 4.79 Å². The molecule has 0 heterocycles. The second-order valence-electron chi connectivity index (χ2n) is 5.79. The van der Waals surface area contributed by atoms with Crippen LogP contribution in [0.2, 0.25) is 0 Å². The van der Waals surface area contributed by atoms with E-state index in [0.29, 0.717) is 25.7 Å². The van der Waals surface area contributed by atoms with Gasteiger partial charge in [-0.25, -0.2) is 0 Å². The van der Waals surface area contributed by atoms with Crippen molar-refractivity contribution >= 4 is 23.1 Å². The Morgan fingerprint density at radius 2 is 1.80 bits per heavy atom.